The van der Waals surface area contributed by atoms with Crippen molar-refractivity contribution in [3.8, 4) is 12.3 Å². The molecular formula is C4H6O. The van der Waals surface area contributed by atoms with Crippen LogP contribution in [0.15, 0.2) is 0 Å². The zero-order valence-corrected chi connectivity index (χ0v) is 2.69. The fourth-order valence-electron chi connectivity index (χ4n) is 0.0417. The molecule has 0 atom stereocenters. The zero-order valence-electron chi connectivity index (χ0n) is 5.69. The first-order valence-electron chi connectivity index (χ1n) is 2.64. The Balaban J connectivity index is 3.28. The summed E-state index contributed by atoms with van der Waals surface area (Å²) in [5, 5.41) is 0. The van der Waals surface area contributed by atoms with E-state index >= 15 is 0 Å². The molecule has 0 aromatic rings. The first kappa shape index (κ1) is 1.32. The minimum absolute atomic E-state index is 0.156. The second-order valence-corrected chi connectivity index (χ2v) is 0.493. The van der Waals surface area contributed by atoms with E-state index in [-0.39, 0.29) is 6.61 Å². The summed E-state index contributed by atoms with van der Waals surface area (Å²) in [6.45, 7) is -0.156. The van der Waals surface area contributed by atoms with Gasteiger partial charge in [-0.25, -0.2) is 0 Å². The van der Waals surface area contributed by atoms with Gasteiger partial charge >= 0.3 is 0 Å². The maximum absolute atomic E-state index is 6.45. The van der Waals surface area contributed by atoms with Gasteiger partial charge in [-0.05, 0) is 0 Å². The summed E-state index contributed by atoms with van der Waals surface area (Å²) in [4.78, 5) is 0. The third-order valence-electron chi connectivity index (χ3n) is 0.156. The largest absolute Gasteiger partial charge is 0.372 e. The molecule has 0 amide bonds. The Morgan fingerprint density at radius 3 is 3.40 bits per heavy atom. The topological polar surface area (TPSA) is 9.23 Å². The maximum atomic E-state index is 6.45. The van der Waals surface area contributed by atoms with Crippen molar-refractivity contribution in [1.82, 2.24) is 0 Å². The van der Waals surface area contributed by atoms with Gasteiger partial charge in [-0.1, -0.05) is 5.92 Å². The van der Waals surface area contributed by atoms with E-state index in [1.165, 1.54) is 0 Å². The third-order valence-corrected chi connectivity index (χ3v) is 0.156. The minimum atomic E-state index is -2.34. The molecule has 0 fully saturated rings. The Hall–Kier alpha value is -0.480. The van der Waals surface area contributed by atoms with Crippen molar-refractivity contribution < 1.29 is 8.85 Å². The summed E-state index contributed by atoms with van der Waals surface area (Å²) >= 11 is 0. The van der Waals surface area contributed by atoms with Gasteiger partial charge in [0.1, 0.15) is 6.61 Å². The number of methoxy groups -OCH3 is 1. The molecule has 0 spiro atoms. The Morgan fingerprint density at radius 1 is 2.40 bits per heavy atom. The minimum Gasteiger partial charge on any atom is -0.372 e. The molecule has 0 heterocycles. The average molecular weight is 73.1 g/mol. The van der Waals surface area contributed by atoms with Crippen LogP contribution < -0.4 is 0 Å². The van der Waals surface area contributed by atoms with Gasteiger partial charge in [0, 0.05) is 7.04 Å². The molecule has 0 bridgehead atoms. The van der Waals surface area contributed by atoms with Gasteiger partial charge < -0.3 is 4.74 Å². The van der Waals surface area contributed by atoms with Crippen LogP contribution in [0.4, 0.5) is 0 Å². The predicted octanol–water partition coefficient (Wildman–Crippen LogP) is 0.266. The number of hydrogen-bond donors (Lipinski definition) is 0. The summed E-state index contributed by atoms with van der Waals surface area (Å²) in [7, 11) is -2.34. The van der Waals surface area contributed by atoms with E-state index in [1.807, 2.05) is 5.92 Å². The Morgan fingerprint density at radius 2 is 3.20 bits per heavy atom. The van der Waals surface area contributed by atoms with Crippen molar-refractivity contribution in [1.29, 1.82) is 0 Å². The number of hydrogen-bond acceptors (Lipinski definition) is 1. The standard InChI is InChI=1S/C4H6O/c1-3-4-5-2/h1H,4H2,2H3/i2D3. The van der Waals surface area contributed by atoms with Crippen LogP contribution in [0.5, 0.6) is 0 Å². The summed E-state index contributed by atoms with van der Waals surface area (Å²) < 4.78 is 23.5. The molecule has 0 saturated carbocycles. The smallest absolute Gasteiger partial charge is 0.107 e. The zero-order chi connectivity index (χ0) is 6.62. The van der Waals surface area contributed by atoms with Crippen LogP contribution in [0.3, 0.4) is 0 Å². The number of ether oxygens (including phenoxy) is 1. The van der Waals surface area contributed by atoms with Gasteiger partial charge in [0.25, 0.3) is 0 Å². The number of terminal acetylenes is 1. The lowest BCUT2D eigenvalue weighted by Crippen LogP contribution is -1.77. The van der Waals surface area contributed by atoms with Gasteiger partial charge in [-0.3, -0.25) is 0 Å². The van der Waals surface area contributed by atoms with Crippen molar-refractivity contribution in [2.75, 3.05) is 13.6 Å². The molecule has 0 radical (unpaired) electrons. The highest BCUT2D eigenvalue weighted by Gasteiger charge is 1.57. The molecule has 0 saturated heterocycles. The quantitative estimate of drug-likeness (QED) is 0.405. The second-order valence-electron chi connectivity index (χ2n) is 0.493. The van der Waals surface area contributed by atoms with Gasteiger partial charge in [0.05, 0.1) is 4.11 Å². The van der Waals surface area contributed by atoms with Gasteiger partial charge in [0.15, 0.2) is 0 Å². The van der Waals surface area contributed by atoms with E-state index in [1.54, 1.807) is 0 Å². The molecule has 0 aliphatic rings. The van der Waals surface area contributed by atoms with Crippen LogP contribution >= 0.6 is 0 Å². The van der Waals surface area contributed by atoms with Crippen molar-refractivity contribution in [2.24, 2.45) is 0 Å². The SMILES string of the molecule is [2H]C([2H])([2H])OCC#C. The van der Waals surface area contributed by atoms with Crippen molar-refractivity contribution in [3.63, 3.8) is 0 Å². The molecule has 0 rings (SSSR count). The van der Waals surface area contributed by atoms with Gasteiger partial charge in [-0.2, -0.15) is 0 Å². The van der Waals surface area contributed by atoms with Crippen molar-refractivity contribution in [2.45, 2.75) is 0 Å². The normalized spacial score (nSPS) is 17.8. The summed E-state index contributed by atoms with van der Waals surface area (Å²) in [6.07, 6.45) is 4.71. The molecule has 5 heavy (non-hydrogen) atoms. The lowest BCUT2D eigenvalue weighted by molar-refractivity contribution is 0.240. The molecule has 0 aliphatic heterocycles. The molecule has 0 unspecified atom stereocenters. The van der Waals surface area contributed by atoms with E-state index in [0.29, 0.717) is 0 Å². The highest BCUT2D eigenvalue weighted by molar-refractivity contribution is 4.82. The second kappa shape index (κ2) is 3.52. The Kier molecular flexibility index (Phi) is 0.927. The lowest BCUT2D eigenvalue weighted by atomic mass is 10.8. The Labute approximate surface area is 36.2 Å². The van der Waals surface area contributed by atoms with Crippen LogP contribution in [0.1, 0.15) is 4.11 Å². The summed E-state index contributed by atoms with van der Waals surface area (Å²) in [5.41, 5.74) is 0. The summed E-state index contributed by atoms with van der Waals surface area (Å²) in [5.74, 6) is 2.04. The van der Waals surface area contributed by atoms with Gasteiger partial charge in [-0.15, -0.1) is 6.42 Å². The monoisotopic (exact) mass is 73.1 g/mol. The first-order valence-corrected chi connectivity index (χ1v) is 1.14. The molecule has 0 N–H and O–H groups in total. The molecule has 0 aromatic carbocycles. The first-order chi connectivity index (χ1) is 3.56. The molecule has 0 aromatic heterocycles. The maximum Gasteiger partial charge on any atom is 0.107 e. The van der Waals surface area contributed by atoms with Crippen LogP contribution in [0, 0.1) is 12.3 Å². The third kappa shape index (κ3) is 3.52. The highest BCUT2D eigenvalue weighted by Crippen LogP contribution is 1.53. The molecule has 1 nitrogen and oxygen atoms in total. The van der Waals surface area contributed by atoms with Crippen LogP contribution in [0.25, 0.3) is 0 Å². The van der Waals surface area contributed by atoms with Crippen LogP contribution in [-0.2, 0) is 4.74 Å². The van der Waals surface area contributed by atoms with E-state index in [2.05, 4.69) is 4.74 Å². The lowest BCUT2D eigenvalue weighted by Gasteiger charge is -1.76. The highest BCUT2D eigenvalue weighted by atomic mass is 16.5. The van der Waals surface area contributed by atoms with Crippen LogP contribution in [0.2, 0.25) is 0 Å². The van der Waals surface area contributed by atoms with E-state index in [4.69, 9.17) is 10.5 Å². The fourth-order valence-corrected chi connectivity index (χ4v) is 0.0417. The van der Waals surface area contributed by atoms with E-state index < -0.39 is 7.04 Å². The van der Waals surface area contributed by atoms with Crippen LogP contribution in [-0.4, -0.2) is 13.6 Å². The average Bonchev–Trinajstić information content (AvgIpc) is 1.59. The number of rotatable bonds is 1. The van der Waals surface area contributed by atoms with E-state index in [0.717, 1.165) is 0 Å². The molecule has 1 heteroatoms. The van der Waals surface area contributed by atoms with E-state index in [9.17, 15) is 0 Å². The van der Waals surface area contributed by atoms with Crippen molar-refractivity contribution >= 4 is 0 Å². The molecular weight excluding hydrogens is 64.0 g/mol. The fraction of sp³-hybridized carbons (Fsp3) is 0.500. The predicted molar refractivity (Wildman–Crippen MR) is 20.7 cm³/mol. The van der Waals surface area contributed by atoms with Crippen molar-refractivity contribution in [3.05, 3.63) is 0 Å². The molecule has 28 valence electrons. The van der Waals surface area contributed by atoms with Gasteiger partial charge in [0.2, 0.25) is 0 Å². The Bertz CT molecular complexity index is 98.8. The summed E-state index contributed by atoms with van der Waals surface area (Å²) in [6, 6.07) is 0. The molecule has 0 aliphatic carbocycles.